The van der Waals surface area contributed by atoms with Crippen LogP contribution in [0.5, 0.6) is 0 Å². The highest BCUT2D eigenvalue weighted by atomic mass is 16.3. The Morgan fingerprint density at radius 2 is 0.824 bits per heavy atom. The van der Waals surface area contributed by atoms with Gasteiger partial charge >= 0.3 is 0 Å². The van der Waals surface area contributed by atoms with Crippen molar-refractivity contribution in [2.75, 3.05) is 0 Å². The highest BCUT2D eigenvalue weighted by Gasteiger charge is 2.03. The molecule has 34 heavy (non-hydrogen) atoms. The summed E-state index contributed by atoms with van der Waals surface area (Å²) in [6, 6.07) is -0.454. The van der Waals surface area contributed by atoms with Crippen LogP contribution in [0.2, 0.25) is 0 Å². The van der Waals surface area contributed by atoms with E-state index in [0.717, 1.165) is 51.4 Å². The van der Waals surface area contributed by atoms with E-state index < -0.39 is 12.2 Å². The molecule has 4 heteroatoms. The molecule has 0 aromatic rings. The summed E-state index contributed by atoms with van der Waals surface area (Å²) in [5.74, 6) is 0. The Labute approximate surface area is 208 Å². The molecule has 0 saturated heterocycles. The molecule has 0 aromatic heterocycles. The molecule has 0 rings (SSSR count). The fourth-order valence-corrected chi connectivity index (χ4v) is 2.64. The van der Waals surface area contributed by atoms with Gasteiger partial charge in [-0.25, -0.2) is 0 Å². The van der Waals surface area contributed by atoms with Crippen LogP contribution in [0.4, 0.5) is 0 Å². The van der Waals surface area contributed by atoms with Gasteiger partial charge in [0.25, 0.3) is 0 Å². The molecule has 4 nitrogen and oxygen atoms in total. The zero-order chi connectivity index (χ0) is 25.3. The van der Waals surface area contributed by atoms with Gasteiger partial charge in [0.1, 0.15) is 0 Å². The average molecular weight is 469 g/mol. The van der Waals surface area contributed by atoms with Crippen molar-refractivity contribution in [2.45, 2.75) is 89.5 Å². The second-order valence-electron chi connectivity index (χ2n) is 8.40. The molecule has 0 aliphatic carbocycles. The van der Waals surface area contributed by atoms with Crippen LogP contribution in [0.1, 0.15) is 65.2 Å². The van der Waals surface area contributed by atoms with Gasteiger partial charge in [0.2, 0.25) is 0 Å². The molecule has 0 radical (unpaired) electrons. The zero-order valence-corrected chi connectivity index (χ0v) is 21.3. The van der Waals surface area contributed by atoms with Gasteiger partial charge in [-0.05, 0) is 65.2 Å². The number of rotatable bonds is 19. The average Bonchev–Trinajstić information content (AvgIpc) is 2.81. The molecule has 4 unspecified atom stereocenters. The lowest BCUT2D eigenvalue weighted by molar-refractivity contribution is 0.198. The number of aliphatic hydroxyl groups excluding tert-OH is 2. The van der Waals surface area contributed by atoms with Crippen LogP contribution >= 0.6 is 0 Å². The Kier molecular flexibility index (Phi) is 22.3. The monoisotopic (exact) mass is 468 g/mol. The van der Waals surface area contributed by atoms with E-state index in [4.69, 9.17) is 11.5 Å². The second-order valence-corrected chi connectivity index (χ2v) is 8.40. The van der Waals surface area contributed by atoms with E-state index in [2.05, 4.69) is 66.8 Å². The van der Waals surface area contributed by atoms with Crippen LogP contribution < -0.4 is 11.5 Å². The first kappa shape index (κ1) is 31.8. The van der Waals surface area contributed by atoms with Crippen LogP contribution in [0.25, 0.3) is 0 Å². The number of hydrogen-bond acceptors (Lipinski definition) is 4. The Balaban J connectivity index is 3.65. The topological polar surface area (TPSA) is 92.5 Å². The molecule has 0 fully saturated rings. The normalized spacial score (nSPS) is 17.2. The summed E-state index contributed by atoms with van der Waals surface area (Å²) >= 11 is 0. The number of nitrogens with two attached hydrogens (primary N) is 2. The van der Waals surface area contributed by atoms with E-state index >= 15 is 0 Å². The maximum atomic E-state index is 9.56. The molecular weight excluding hydrogens is 420 g/mol. The van der Waals surface area contributed by atoms with Crippen LogP contribution in [0, 0.1) is 0 Å². The maximum absolute atomic E-state index is 9.56. The van der Waals surface area contributed by atoms with E-state index in [-0.39, 0.29) is 12.1 Å². The predicted molar refractivity (Wildman–Crippen MR) is 149 cm³/mol. The summed E-state index contributed by atoms with van der Waals surface area (Å²) in [6.07, 6.45) is 39.9. The molecule has 6 N–H and O–H groups in total. The minimum Gasteiger partial charge on any atom is -0.387 e. The van der Waals surface area contributed by atoms with Gasteiger partial charge in [0.05, 0.1) is 12.2 Å². The number of unbranched alkanes of at least 4 members (excludes halogenated alkanes) is 2. The third-order valence-corrected chi connectivity index (χ3v) is 4.89. The summed E-state index contributed by atoms with van der Waals surface area (Å²) in [4.78, 5) is 0. The standard InChI is InChI=1S/C30H48N2O2/c1-27(31)29(33)25-23-21-19-17-15-13-11-9-7-5-3-4-6-8-10-12-14-16-18-20-22-24-26-30(34)28(2)32/h3,5-6,8-9,11-12,14-15,17,20,22-30,33-34H,4,7,10,13,16,18-19,21,31-32H2,1-2H3/b5-3+,8-6+,11-9+,14-12+,17-15+,22-20+,25-23+,26-24+. The SMILES string of the molecule is CC(N)C(O)/C=C/C=C/CC/C=C/C/C=C/C/C=C/C/C=C/C/C=C/CC/C=C/C(O)C(C)N. The van der Waals surface area contributed by atoms with Gasteiger partial charge in [-0.3, -0.25) is 0 Å². The lowest BCUT2D eigenvalue weighted by atomic mass is 10.1. The number of allylic oxidation sites excluding steroid dienone is 14. The molecule has 4 atom stereocenters. The summed E-state index contributed by atoms with van der Waals surface area (Å²) in [7, 11) is 0. The van der Waals surface area contributed by atoms with Crippen molar-refractivity contribution in [1.29, 1.82) is 0 Å². The lowest BCUT2D eigenvalue weighted by Gasteiger charge is -2.08. The van der Waals surface area contributed by atoms with Crippen molar-refractivity contribution in [3.05, 3.63) is 97.2 Å². The van der Waals surface area contributed by atoms with E-state index in [1.807, 2.05) is 18.2 Å². The Morgan fingerprint density at radius 1 is 0.471 bits per heavy atom. The Bertz CT molecular complexity index is 695. The fraction of sp³-hybridized carbons (Fsp3) is 0.467. The van der Waals surface area contributed by atoms with Crippen LogP contribution in [0.15, 0.2) is 97.2 Å². The molecule has 0 bridgehead atoms. The van der Waals surface area contributed by atoms with Crippen molar-refractivity contribution >= 4 is 0 Å². The highest BCUT2D eigenvalue weighted by Crippen LogP contribution is 2.00. The number of aliphatic hydroxyl groups is 2. The lowest BCUT2D eigenvalue weighted by Crippen LogP contribution is -2.29. The molecule has 0 aliphatic rings. The molecule has 0 amide bonds. The fourth-order valence-electron chi connectivity index (χ4n) is 2.64. The molecule has 0 spiro atoms. The highest BCUT2D eigenvalue weighted by molar-refractivity contribution is 5.07. The Morgan fingerprint density at radius 3 is 1.26 bits per heavy atom. The van der Waals surface area contributed by atoms with Gasteiger partial charge in [-0.1, -0.05) is 97.2 Å². The summed E-state index contributed by atoms with van der Waals surface area (Å²) in [5, 5.41) is 19.1. The first-order valence-corrected chi connectivity index (χ1v) is 12.6. The first-order chi connectivity index (χ1) is 16.4. The summed E-state index contributed by atoms with van der Waals surface area (Å²) in [5.41, 5.74) is 11.2. The molecule has 0 aromatic carbocycles. The largest absolute Gasteiger partial charge is 0.387 e. The van der Waals surface area contributed by atoms with Gasteiger partial charge in [-0.2, -0.15) is 0 Å². The summed E-state index contributed by atoms with van der Waals surface area (Å²) in [6.45, 7) is 3.59. The molecule has 0 saturated carbocycles. The third kappa shape index (κ3) is 22.9. The van der Waals surface area contributed by atoms with Crippen LogP contribution in [0.3, 0.4) is 0 Å². The molecular formula is C30H48N2O2. The minimum atomic E-state index is -0.581. The summed E-state index contributed by atoms with van der Waals surface area (Å²) < 4.78 is 0. The van der Waals surface area contributed by atoms with E-state index in [9.17, 15) is 10.2 Å². The Hall–Kier alpha value is -2.24. The predicted octanol–water partition coefficient (Wildman–Crippen LogP) is 5.97. The zero-order valence-electron chi connectivity index (χ0n) is 21.3. The van der Waals surface area contributed by atoms with Crippen molar-refractivity contribution in [1.82, 2.24) is 0 Å². The van der Waals surface area contributed by atoms with Gasteiger partial charge in [0.15, 0.2) is 0 Å². The minimum absolute atomic E-state index is 0.217. The first-order valence-electron chi connectivity index (χ1n) is 12.6. The van der Waals surface area contributed by atoms with Crippen molar-refractivity contribution in [3.8, 4) is 0 Å². The van der Waals surface area contributed by atoms with Crippen LogP contribution in [-0.2, 0) is 0 Å². The van der Waals surface area contributed by atoms with E-state index in [1.165, 1.54) is 0 Å². The third-order valence-electron chi connectivity index (χ3n) is 4.89. The van der Waals surface area contributed by atoms with Crippen molar-refractivity contribution < 1.29 is 10.2 Å². The van der Waals surface area contributed by atoms with Gasteiger partial charge in [-0.15, -0.1) is 0 Å². The van der Waals surface area contributed by atoms with E-state index in [0.29, 0.717) is 0 Å². The quantitative estimate of drug-likeness (QED) is 0.107. The molecule has 190 valence electrons. The van der Waals surface area contributed by atoms with Gasteiger partial charge < -0.3 is 21.7 Å². The smallest absolute Gasteiger partial charge is 0.0872 e. The van der Waals surface area contributed by atoms with Crippen molar-refractivity contribution in [2.24, 2.45) is 11.5 Å². The van der Waals surface area contributed by atoms with Gasteiger partial charge in [0, 0.05) is 12.1 Å². The molecule has 0 heterocycles. The van der Waals surface area contributed by atoms with Crippen molar-refractivity contribution in [3.63, 3.8) is 0 Å². The van der Waals surface area contributed by atoms with E-state index in [1.54, 1.807) is 26.0 Å². The van der Waals surface area contributed by atoms with Crippen LogP contribution in [-0.4, -0.2) is 34.5 Å². The maximum Gasteiger partial charge on any atom is 0.0872 e. The molecule has 0 aliphatic heterocycles. The number of hydrogen-bond donors (Lipinski definition) is 4. The second kappa shape index (κ2) is 23.9.